The second kappa shape index (κ2) is 8.12. The molecule has 3 heteroatoms. The Kier molecular flexibility index (Phi) is 6.46. The summed E-state index contributed by atoms with van der Waals surface area (Å²) < 4.78 is 0. The number of amides is 1. The third kappa shape index (κ3) is 4.82. The predicted molar refractivity (Wildman–Crippen MR) is 89.5 cm³/mol. The van der Waals surface area contributed by atoms with Gasteiger partial charge in [-0.15, -0.1) is 0 Å². The molecule has 1 amide bonds. The second-order valence-corrected chi connectivity index (χ2v) is 7.87. The number of rotatable bonds is 5. The molecule has 2 fully saturated rings. The summed E-state index contributed by atoms with van der Waals surface area (Å²) >= 11 is 0. The van der Waals surface area contributed by atoms with Crippen LogP contribution in [0.4, 0.5) is 0 Å². The van der Waals surface area contributed by atoms with Gasteiger partial charge in [0.2, 0.25) is 5.91 Å². The molecular weight excluding hydrogens is 274 g/mol. The van der Waals surface area contributed by atoms with E-state index in [-0.39, 0.29) is 5.92 Å². The molecule has 0 aromatic rings. The molecule has 1 saturated heterocycles. The molecular formula is C19H33NO2. The Labute approximate surface area is 135 Å². The molecule has 0 N–H and O–H groups in total. The summed E-state index contributed by atoms with van der Waals surface area (Å²) in [4.78, 5) is 25.9. The Balaban J connectivity index is 1.72. The van der Waals surface area contributed by atoms with E-state index in [1.165, 1.54) is 12.8 Å². The van der Waals surface area contributed by atoms with Crippen LogP contribution in [0.3, 0.4) is 0 Å². The van der Waals surface area contributed by atoms with Crippen molar-refractivity contribution in [2.45, 2.75) is 72.1 Å². The van der Waals surface area contributed by atoms with Crippen LogP contribution in [-0.2, 0) is 9.59 Å². The number of ketones is 1. The lowest BCUT2D eigenvalue weighted by molar-refractivity contribution is -0.138. The maximum atomic E-state index is 12.7. The van der Waals surface area contributed by atoms with E-state index in [0.29, 0.717) is 24.0 Å². The molecule has 0 aromatic heterocycles. The summed E-state index contributed by atoms with van der Waals surface area (Å²) in [7, 11) is 0. The molecule has 0 bridgehead atoms. The van der Waals surface area contributed by atoms with E-state index >= 15 is 0 Å². The van der Waals surface area contributed by atoms with Crippen LogP contribution in [0, 0.1) is 23.7 Å². The van der Waals surface area contributed by atoms with Gasteiger partial charge in [-0.05, 0) is 69.6 Å². The zero-order valence-electron chi connectivity index (χ0n) is 14.6. The standard InChI is InChI=1S/C19H33NO2/c1-14(2)17-10-12-20(13-11-17)19(22)18-8-6-16(7-9-18)5-4-15(3)21/h14,16-18H,4-13H2,1-3H3. The van der Waals surface area contributed by atoms with Crippen LogP contribution in [0.2, 0.25) is 0 Å². The number of hydrogen-bond acceptors (Lipinski definition) is 2. The fourth-order valence-corrected chi connectivity index (χ4v) is 4.15. The zero-order valence-corrected chi connectivity index (χ0v) is 14.6. The van der Waals surface area contributed by atoms with Crippen molar-refractivity contribution in [3.8, 4) is 0 Å². The van der Waals surface area contributed by atoms with Gasteiger partial charge in [-0.3, -0.25) is 4.79 Å². The Morgan fingerprint density at radius 2 is 1.59 bits per heavy atom. The molecule has 2 aliphatic rings. The van der Waals surface area contributed by atoms with Gasteiger partial charge in [0.1, 0.15) is 5.78 Å². The normalized spacial score (nSPS) is 27.2. The topological polar surface area (TPSA) is 37.4 Å². The Hall–Kier alpha value is -0.860. The average molecular weight is 307 g/mol. The van der Waals surface area contributed by atoms with Crippen LogP contribution < -0.4 is 0 Å². The highest BCUT2D eigenvalue weighted by atomic mass is 16.2. The maximum Gasteiger partial charge on any atom is 0.225 e. The summed E-state index contributed by atoms with van der Waals surface area (Å²) in [5, 5.41) is 0. The lowest BCUT2D eigenvalue weighted by atomic mass is 9.78. The fraction of sp³-hybridized carbons (Fsp3) is 0.895. The molecule has 126 valence electrons. The molecule has 1 aliphatic carbocycles. The number of piperidine rings is 1. The lowest BCUT2D eigenvalue weighted by Gasteiger charge is -2.37. The molecule has 22 heavy (non-hydrogen) atoms. The highest BCUT2D eigenvalue weighted by molar-refractivity contribution is 5.79. The number of nitrogens with zero attached hydrogens (tertiary/aromatic N) is 1. The highest BCUT2D eigenvalue weighted by Gasteiger charge is 2.31. The summed E-state index contributed by atoms with van der Waals surface area (Å²) in [6.45, 7) is 8.20. The van der Waals surface area contributed by atoms with Gasteiger partial charge in [0.05, 0.1) is 0 Å². The van der Waals surface area contributed by atoms with Crippen LogP contribution in [0.25, 0.3) is 0 Å². The Morgan fingerprint density at radius 3 is 2.09 bits per heavy atom. The minimum absolute atomic E-state index is 0.254. The van der Waals surface area contributed by atoms with Crippen molar-refractivity contribution < 1.29 is 9.59 Å². The van der Waals surface area contributed by atoms with E-state index in [4.69, 9.17) is 0 Å². The molecule has 0 aromatic carbocycles. The minimum atomic E-state index is 0.254. The molecule has 1 saturated carbocycles. The molecule has 1 heterocycles. The van der Waals surface area contributed by atoms with Crippen LogP contribution in [0.15, 0.2) is 0 Å². The number of carbonyl (C=O) groups is 2. The van der Waals surface area contributed by atoms with Gasteiger partial charge in [-0.25, -0.2) is 0 Å². The third-order valence-electron chi connectivity index (χ3n) is 5.89. The number of likely N-dealkylation sites (tertiary alicyclic amines) is 1. The van der Waals surface area contributed by atoms with E-state index in [9.17, 15) is 9.59 Å². The average Bonchev–Trinajstić information content (AvgIpc) is 2.53. The van der Waals surface area contributed by atoms with Crippen molar-refractivity contribution in [1.82, 2.24) is 4.90 Å². The van der Waals surface area contributed by atoms with Gasteiger partial charge < -0.3 is 9.69 Å². The number of Topliss-reactive ketones (excluding diaryl/α,β-unsaturated/α-hetero) is 1. The predicted octanol–water partition coefficient (Wildman–Crippen LogP) is 4.06. The monoisotopic (exact) mass is 307 g/mol. The van der Waals surface area contributed by atoms with Crippen molar-refractivity contribution in [2.24, 2.45) is 23.7 Å². The van der Waals surface area contributed by atoms with E-state index in [1.54, 1.807) is 6.92 Å². The van der Waals surface area contributed by atoms with Crippen molar-refractivity contribution >= 4 is 11.7 Å². The Bertz CT molecular complexity index is 375. The van der Waals surface area contributed by atoms with E-state index in [0.717, 1.165) is 57.0 Å². The van der Waals surface area contributed by atoms with Gasteiger partial charge in [0.15, 0.2) is 0 Å². The van der Waals surface area contributed by atoms with Crippen LogP contribution in [-0.4, -0.2) is 29.7 Å². The molecule has 0 spiro atoms. The zero-order chi connectivity index (χ0) is 16.1. The van der Waals surface area contributed by atoms with E-state index in [2.05, 4.69) is 18.7 Å². The quantitative estimate of drug-likeness (QED) is 0.768. The largest absolute Gasteiger partial charge is 0.342 e. The van der Waals surface area contributed by atoms with Gasteiger partial charge in [0, 0.05) is 25.4 Å². The first kappa shape index (κ1) is 17.5. The minimum Gasteiger partial charge on any atom is -0.342 e. The first-order valence-electron chi connectivity index (χ1n) is 9.25. The summed E-state index contributed by atoms with van der Waals surface area (Å²) in [5.74, 6) is 3.17. The smallest absolute Gasteiger partial charge is 0.225 e. The van der Waals surface area contributed by atoms with E-state index in [1.807, 2.05) is 0 Å². The van der Waals surface area contributed by atoms with Gasteiger partial charge in [0.25, 0.3) is 0 Å². The van der Waals surface area contributed by atoms with E-state index < -0.39 is 0 Å². The number of hydrogen-bond donors (Lipinski definition) is 0. The molecule has 2 rings (SSSR count). The molecule has 3 nitrogen and oxygen atoms in total. The number of carbonyl (C=O) groups excluding carboxylic acids is 2. The van der Waals surface area contributed by atoms with Crippen molar-refractivity contribution in [3.05, 3.63) is 0 Å². The van der Waals surface area contributed by atoms with Crippen LogP contribution in [0.1, 0.15) is 72.1 Å². The van der Waals surface area contributed by atoms with Crippen LogP contribution in [0.5, 0.6) is 0 Å². The fourth-order valence-electron chi connectivity index (χ4n) is 4.15. The molecule has 0 atom stereocenters. The molecule has 0 unspecified atom stereocenters. The summed E-state index contributed by atoms with van der Waals surface area (Å²) in [6.07, 6.45) is 8.42. The molecule has 0 radical (unpaired) electrons. The lowest BCUT2D eigenvalue weighted by Crippen LogP contribution is -2.43. The summed E-state index contributed by atoms with van der Waals surface area (Å²) in [6, 6.07) is 0. The van der Waals surface area contributed by atoms with Gasteiger partial charge >= 0.3 is 0 Å². The van der Waals surface area contributed by atoms with Gasteiger partial charge in [-0.1, -0.05) is 13.8 Å². The highest BCUT2D eigenvalue weighted by Crippen LogP contribution is 2.34. The third-order valence-corrected chi connectivity index (χ3v) is 5.89. The first-order valence-corrected chi connectivity index (χ1v) is 9.25. The van der Waals surface area contributed by atoms with Gasteiger partial charge in [-0.2, -0.15) is 0 Å². The van der Waals surface area contributed by atoms with Crippen LogP contribution >= 0.6 is 0 Å². The molecule has 1 aliphatic heterocycles. The van der Waals surface area contributed by atoms with Crippen molar-refractivity contribution in [2.75, 3.05) is 13.1 Å². The Morgan fingerprint density at radius 1 is 1.00 bits per heavy atom. The second-order valence-electron chi connectivity index (χ2n) is 7.87. The first-order chi connectivity index (χ1) is 10.5. The van der Waals surface area contributed by atoms with Crippen molar-refractivity contribution in [1.29, 1.82) is 0 Å². The van der Waals surface area contributed by atoms with Crippen molar-refractivity contribution in [3.63, 3.8) is 0 Å². The maximum absolute atomic E-state index is 12.7. The SMILES string of the molecule is CC(=O)CCC1CCC(C(=O)N2CCC(C(C)C)CC2)CC1. The summed E-state index contributed by atoms with van der Waals surface area (Å²) in [5.41, 5.74) is 0.